The molecule has 1 N–H and O–H groups in total. The van der Waals surface area contributed by atoms with Crippen molar-refractivity contribution in [3.8, 4) is 0 Å². The number of hydrogen-bond acceptors (Lipinski definition) is 3. The van der Waals surface area contributed by atoms with Gasteiger partial charge in [0.15, 0.2) is 9.84 Å². The molecule has 0 heterocycles. The van der Waals surface area contributed by atoms with E-state index in [2.05, 4.69) is 5.32 Å². The van der Waals surface area contributed by atoms with Crippen LogP contribution < -0.4 is 5.32 Å². The Morgan fingerprint density at radius 1 is 1.00 bits per heavy atom. The third-order valence-corrected chi connectivity index (χ3v) is 4.18. The van der Waals surface area contributed by atoms with Gasteiger partial charge in [-0.15, -0.1) is 0 Å². The quantitative estimate of drug-likeness (QED) is 0.939. The molecule has 0 fully saturated rings. The van der Waals surface area contributed by atoms with E-state index in [9.17, 15) is 17.2 Å². The SMILES string of the molecule is CC(Nc1cc(F)cc(F)c1)c1ccc(S(C)(=O)=O)cc1. The Morgan fingerprint density at radius 3 is 2.00 bits per heavy atom. The molecule has 0 bridgehead atoms. The van der Waals surface area contributed by atoms with E-state index in [1.165, 1.54) is 24.3 Å². The van der Waals surface area contributed by atoms with Gasteiger partial charge < -0.3 is 5.32 Å². The van der Waals surface area contributed by atoms with Crippen molar-refractivity contribution in [3.63, 3.8) is 0 Å². The smallest absolute Gasteiger partial charge is 0.175 e. The van der Waals surface area contributed by atoms with Crippen molar-refractivity contribution in [2.75, 3.05) is 11.6 Å². The van der Waals surface area contributed by atoms with Crippen LogP contribution in [0.2, 0.25) is 0 Å². The number of nitrogens with one attached hydrogen (secondary N) is 1. The molecular formula is C15H15F2NO2S. The van der Waals surface area contributed by atoms with Gasteiger partial charge in [0.2, 0.25) is 0 Å². The Bertz CT molecular complexity index is 723. The largest absolute Gasteiger partial charge is 0.378 e. The van der Waals surface area contributed by atoms with Crippen LogP contribution in [0.15, 0.2) is 47.4 Å². The fourth-order valence-electron chi connectivity index (χ4n) is 1.97. The zero-order valence-electron chi connectivity index (χ0n) is 11.6. The van der Waals surface area contributed by atoms with Gasteiger partial charge in [-0.25, -0.2) is 17.2 Å². The number of sulfone groups is 1. The average Bonchev–Trinajstić information content (AvgIpc) is 2.36. The maximum atomic E-state index is 13.1. The minimum atomic E-state index is -3.23. The first-order valence-electron chi connectivity index (χ1n) is 6.28. The van der Waals surface area contributed by atoms with E-state index >= 15 is 0 Å². The summed E-state index contributed by atoms with van der Waals surface area (Å²) in [4.78, 5) is 0.232. The molecule has 0 aliphatic rings. The molecule has 0 amide bonds. The van der Waals surface area contributed by atoms with Crippen molar-refractivity contribution in [2.24, 2.45) is 0 Å². The third kappa shape index (κ3) is 4.01. The molecule has 2 aromatic rings. The van der Waals surface area contributed by atoms with Crippen LogP contribution in [0.3, 0.4) is 0 Å². The molecule has 3 nitrogen and oxygen atoms in total. The van der Waals surface area contributed by atoms with Crippen molar-refractivity contribution >= 4 is 15.5 Å². The Balaban J connectivity index is 2.18. The first-order chi connectivity index (χ1) is 9.75. The lowest BCUT2D eigenvalue weighted by atomic mass is 10.1. The molecule has 112 valence electrons. The second kappa shape index (κ2) is 5.81. The maximum Gasteiger partial charge on any atom is 0.175 e. The Kier molecular flexibility index (Phi) is 4.27. The monoisotopic (exact) mass is 311 g/mol. The van der Waals surface area contributed by atoms with Gasteiger partial charge in [0, 0.05) is 24.1 Å². The molecule has 0 saturated carbocycles. The first-order valence-corrected chi connectivity index (χ1v) is 8.17. The average molecular weight is 311 g/mol. The van der Waals surface area contributed by atoms with E-state index in [1.807, 2.05) is 6.92 Å². The van der Waals surface area contributed by atoms with Gasteiger partial charge in [-0.1, -0.05) is 12.1 Å². The van der Waals surface area contributed by atoms with E-state index in [1.54, 1.807) is 12.1 Å². The molecule has 21 heavy (non-hydrogen) atoms. The summed E-state index contributed by atoms with van der Waals surface area (Å²) in [6.45, 7) is 1.82. The highest BCUT2D eigenvalue weighted by atomic mass is 32.2. The Hall–Kier alpha value is -1.95. The maximum absolute atomic E-state index is 13.1. The van der Waals surface area contributed by atoms with Gasteiger partial charge in [0.05, 0.1) is 4.90 Å². The van der Waals surface area contributed by atoms with Crippen LogP contribution in [0.4, 0.5) is 14.5 Å². The summed E-state index contributed by atoms with van der Waals surface area (Å²) in [5.74, 6) is -1.31. The molecule has 6 heteroatoms. The summed E-state index contributed by atoms with van der Waals surface area (Å²) in [5, 5.41) is 2.97. The number of halogens is 2. The fraction of sp³-hybridized carbons (Fsp3) is 0.200. The third-order valence-electron chi connectivity index (χ3n) is 3.05. The van der Waals surface area contributed by atoms with Crippen molar-refractivity contribution < 1.29 is 17.2 Å². The van der Waals surface area contributed by atoms with Crippen LogP contribution in [0.5, 0.6) is 0 Å². The number of benzene rings is 2. The number of rotatable bonds is 4. The highest BCUT2D eigenvalue weighted by Gasteiger charge is 2.10. The molecule has 0 aliphatic carbocycles. The van der Waals surface area contributed by atoms with Gasteiger partial charge in [-0.2, -0.15) is 0 Å². The van der Waals surface area contributed by atoms with Crippen molar-refractivity contribution in [1.82, 2.24) is 0 Å². The van der Waals surface area contributed by atoms with E-state index in [4.69, 9.17) is 0 Å². The van der Waals surface area contributed by atoms with Gasteiger partial charge in [-0.3, -0.25) is 0 Å². The van der Waals surface area contributed by atoms with Crippen LogP contribution in [-0.4, -0.2) is 14.7 Å². The molecule has 1 unspecified atom stereocenters. The van der Waals surface area contributed by atoms with Crippen molar-refractivity contribution in [2.45, 2.75) is 17.9 Å². The van der Waals surface area contributed by atoms with Crippen LogP contribution in [0, 0.1) is 11.6 Å². The molecule has 1 atom stereocenters. The molecule has 0 aliphatic heterocycles. The summed E-state index contributed by atoms with van der Waals surface area (Å²) < 4.78 is 49.0. The van der Waals surface area contributed by atoms with Crippen LogP contribution in [-0.2, 0) is 9.84 Å². The van der Waals surface area contributed by atoms with Gasteiger partial charge in [-0.05, 0) is 36.8 Å². The van der Waals surface area contributed by atoms with E-state index in [0.717, 1.165) is 17.9 Å². The lowest BCUT2D eigenvalue weighted by molar-refractivity contribution is 0.583. The zero-order valence-corrected chi connectivity index (χ0v) is 12.4. The Morgan fingerprint density at radius 2 is 1.52 bits per heavy atom. The normalized spacial score (nSPS) is 13.0. The molecule has 0 radical (unpaired) electrons. The van der Waals surface area contributed by atoms with Crippen LogP contribution in [0.1, 0.15) is 18.5 Å². The standard InChI is InChI=1S/C15H15F2NO2S/c1-10(18-14-8-12(16)7-13(17)9-14)11-3-5-15(6-4-11)21(2,19)20/h3-10,18H,1-2H3. The van der Waals surface area contributed by atoms with E-state index < -0.39 is 21.5 Å². The molecule has 0 spiro atoms. The summed E-state index contributed by atoms with van der Waals surface area (Å²) in [5.41, 5.74) is 1.14. The summed E-state index contributed by atoms with van der Waals surface area (Å²) >= 11 is 0. The summed E-state index contributed by atoms with van der Waals surface area (Å²) in [7, 11) is -3.23. The number of anilines is 1. The Labute approximate surface area is 122 Å². The molecular weight excluding hydrogens is 296 g/mol. The lowest BCUT2D eigenvalue weighted by Crippen LogP contribution is -2.07. The zero-order chi connectivity index (χ0) is 15.6. The van der Waals surface area contributed by atoms with Gasteiger partial charge >= 0.3 is 0 Å². The fourth-order valence-corrected chi connectivity index (χ4v) is 2.60. The van der Waals surface area contributed by atoms with Crippen LogP contribution >= 0.6 is 0 Å². The van der Waals surface area contributed by atoms with Gasteiger partial charge in [0.25, 0.3) is 0 Å². The lowest BCUT2D eigenvalue weighted by Gasteiger charge is -2.16. The van der Waals surface area contributed by atoms with Gasteiger partial charge in [0.1, 0.15) is 11.6 Å². The molecule has 2 aromatic carbocycles. The number of hydrogen-bond donors (Lipinski definition) is 1. The summed E-state index contributed by atoms with van der Waals surface area (Å²) in [6, 6.07) is 9.34. The summed E-state index contributed by atoms with van der Waals surface area (Å²) in [6.07, 6.45) is 1.14. The molecule has 0 aromatic heterocycles. The van der Waals surface area contributed by atoms with E-state index in [0.29, 0.717) is 5.69 Å². The topological polar surface area (TPSA) is 46.2 Å². The first kappa shape index (κ1) is 15.4. The predicted molar refractivity (Wildman–Crippen MR) is 77.9 cm³/mol. The highest BCUT2D eigenvalue weighted by Crippen LogP contribution is 2.22. The van der Waals surface area contributed by atoms with E-state index in [-0.39, 0.29) is 10.9 Å². The molecule has 2 rings (SSSR count). The second-order valence-electron chi connectivity index (χ2n) is 4.87. The van der Waals surface area contributed by atoms with Crippen molar-refractivity contribution in [3.05, 3.63) is 59.7 Å². The molecule has 0 saturated heterocycles. The highest BCUT2D eigenvalue weighted by molar-refractivity contribution is 7.90. The minimum absolute atomic E-state index is 0.222. The second-order valence-corrected chi connectivity index (χ2v) is 6.88. The minimum Gasteiger partial charge on any atom is -0.378 e. The van der Waals surface area contributed by atoms with Crippen molar-refractivity contribution in [1.29, 1.82) is 0 Å². The van der Waals surface area contributed by atoms with Crippen LogP contribution in [0.25, 0.3) is 0 Å². The predicted octanol–water partition coefficient (Wildman–Crippen LogP) is 3.54.